The summed E-state index contributed by atoms with van der Waals surface area (Å²) in [7, 11) is 1.81. The molecule has 3 N–H and O–H groups in total. The van der Waals surface area contributed by atoms with Crippen molar-refractivity contribution in [2.75, 3.05) is 11.9 Å². The zero-order chi connectivity index (χ0) is 11.5. The van der Waals surface area contributed by atoms with E-state index < -0.39 is 0 Å². The predicted octanol–water partition coefficient (Wildman–Crippen LogP) is -0.349. The van der Waals surface area contributed by atoms with Crippen LogP contribution in [0.15, 0.2) is 12.5 Å². The van der Waals surface area contributed by atoms with E-state index in [0.29, 0.717) is 12.4 Å². The third kappa shape index (κ3) is 1.92. The first-order chi connectivity index (χ1) is 7.68. The molecular formula is C9H12N6O. The number of amides is 1. The predicted molar refractivity (Wildman–Crippen MR) is 58.6 cm³/mol. The normalized spacial score (nSPS) is 10.6. The summed E-state index contributed by atoms with van der Waals surface area (Å²) in [6.45, 7) is 0.455. The van der Waals surface area contributed by atoms with Gasteiger partial charge in [-0.3, -0.25) is 9.48 Å². The molecule has 0 bridgehead atoms. The van der Waals surface area contributed by atoms with Crippen molar-refractivity contribution in [3.8, 4) is 0 Å². The highest BCUT2D eigenvalue weighted by Gasteiger charge is 2.06. The average molecular weight is 220 g/mol. The Bertz CT molecular complexity index is 520. The van der Waals surface area contributed by atoms with Gasteiger partial charge in [-0.25, -0.2) is 9.97 Å². The molecule has 0 aliphatic heterocycles. The van der Waals surface area contributed by atoms with Gasteiger partial charge in [-0.05, 0) is 0 Å². The first kappa shape index (κ1) is 10.3. The van der Waals surface area contributed by atoms with Crippen molar-refractivity contribution in [1.82, 2.24) is 19.7 Å². The lowest BCUT2D eigenvalue weighted by Gasteiger charge is -2.04. The number of carbonyl (C=O) groups is 1. The van der Waals surface area contributed by atoms with E-state index in [-0.39, 0.29) is 12.3 Å². The van der Waals surface area contributed by atoms with Crippen LogP contribution in [-0.4, -0.2) is 32.2 Å². The fourth-order valence-corrected chi connectivity index (χ4v) is 1.41. The van der Waals surface area contributed by atoms with Gasteiger partial charge in [-0.1, -0.05) is 0 Å². The summed E-state index contributed by atoms with van der Waals surface area (Å²) in [4.78, 5) is 18.8. The van der Waals surface area contributed by atoms with E-state index in [0.717, 1.165) is 11.0 Å². The smallest absolute Gasteiger partial charge is 0.219 e. The first-order valence-corrected chi connectivity index (χ1v) is 4.83. The molecule has 2 aromatic heterocycles. The molecular weight excluding hydrogens is 208 g/mol. The second kappa shape index (κ2) is 4.13. The first-order valence-electron chi connectivity index (χ1n) is 4.83. The lowest BCUT2D eigenvalue weighted by Crippen LogP contribution is -2.16. The molecule has 7 heteroatoms. The Balaban J connectivity index is 2.20. The van der Waals surface area contributed by atoms with Crippen LogP contribution < -0.4 is 11.1 Å². The van der Waals surface area contributed by atoms with Gasteiger partial charge in [0.05, 0.1) is 11.6 Å². The monoisotopic (exact) mass is 220 g/mol. The molecule has 7 nitrogen and oxygen atoms in total. The number of fused-ring (bicyclic) bond motifs is 1. The number of nitrogens with two attached hydrogens (primary N) is 1. The summed E-state index contributed by atoms with van der Waals surface area (Å²) in [6.07, 6.45) is 3.41. The minimum Gasteiger partial charge on any atom is -0.370 e. The minimum atomic E-state index is -0.344. The molecule has 84 valence electrons. The molecule has 0 saturated carbocycles. The number of nitrogens with zero attached hydrogens (tertiary/aromatic N) is 4. The van der Waals surface area contributed by atoms with Gasteiger partial charge in [0.15, 0.2) is 5.65 Å². The van der Waals surface area contributed by atoms with Crippen LogP contribution in [0.2, 0.25) is 0 Å². The molecule has 0 saturated heterocycles. The van der Waals surface area contributed by atoms with Crippen LogP contribution >= 0.6 is 0 Å². The molecule has 0 aromatic carbocycles. The van der Waals surface area contributed by atoms with Gasteiger partial charge >= 0.3 is 0 Å². The third-order valence-corrected chi connectivity index (χ3v) is 2.19. The lowest BCUT2D eigenvalue weighted by atomic mass is 10.3. The average Bonchev–Trinajstić information content (AvgIpc) is 2.61. The summed E-state index contributed by atoms with van der Waals surface area (Å²) >= 11 is 0. The number of aryl methyl sites for hydroxylation is 1. The maximum Gasteiger partial charge on any atom is 0.219 e. The molecule has 0 radical (unpaired) electrons. The zero-order valence-electron chi connectivity index (χ0n) is 8.84. The summed E-state index contributed by atoms with van der Waals surface area (Å²) < 4.78 is 1.66. The number of hydrogen-bond acceptors (Lipinski definition) is 5. The van der Waals surface area contributed by atoms with Gasteiger partial charge in [0.2, 0.25) is 5.91 Å². The van der Waals surface area contributed by atoms with Crippen LogP contribution in [0.4, 0.5) is 5.82 Å². The highest BCUT2D eigenvalue weighted by molar-refractivity contribution is 5.86. The van der Waals surface area contributed by atoms with Crippen molar-refractivity contribution in [2.45, 2.75) is 6.42 Å². The standard InChI is InChI=1S/C9H12N6O/c1-15-9-6(4-14-15)8(12-5-13-9)11-3-2-7(10)16/h4-5H,2-3H2,1H3,(H2,10,16)(H,11,12,13). The molecule has 2 heterocycles. The Kier molecular flexibility index (Phi) is 2.67. The molecule has 0 aliphatic carbocycles. The Labute approximate surface area is 91.7 Å². The van der Waals surface area contributed by atoms with Crippen molar-refractivity contribution in [1.29, 1.82) is 0 Å². The van der Waals surface area contributed by atoms with E-state index in [9.17, 15) is 4.79 Å². The Morgan fingerprint density at radius 3 is 3.12 bits per heavy atom. The van der Waals surface area contributed by atoms with Crippen molar-refractivity contribution in [2.24, 2.45) is 12.8 Å². The molecule has 0 unspecified atom stereocenters. The largest absolute Gasteiger partial charge is 0.370 e. The summed E-state index contributed by atoms with van der Waals surface area (Å²) in [5.41, 5.74) is 5.79. The number of nitrogens with one attached hydrogen (secondary N) is 1. The molecule has 0 fully saturated rings. The van der Waals surface area contributed by atoms with Gasteiger partial charge in [0.1, 0.15) is 12.1 Å². The molecule has 0 spiro atoms. The highest BCUT2D eigenvalue weighted by Crippen LogP contribution is 2.17. The summed E-state index contributed by atoms with van der Waals surface area (Å²) in [6, 6.07) is 0. The van der Waals surface area contributed by atoms with Gasteiger partial charge in [0, 0.05) is 20.0 Å². The molecule has 16 heavy (non-hydrogen) atoms. The SMILES string of the molecule is Cn1ncc2c(NCCC(N)=O)ncnc21. The second-order valence-electron chi connectivity index (χ2n) is 3.37. The number of hydrogen-bond donors (Lipinski definition) is 2. The van der Waals surface area contributed by atoms with E-state index in [2.05, 4.69) is 20.4 Å². The molecule has 1 amide bonds. The number of aromatic nitrogens is 4. The van der Waals surface area contributed by atoms with E-state index in [1.807, 2.05) is 7.05 Å². The zero-order valence-corrected chi connectivity index (χ0v) is 8.84. The quantitative estimate of drug-likeness (QED) is 0.733. The molecule has 2 aromatic rings. The maximum atomic E-state index is 10.6. The molecule has 0 aliphatic rings. The highest BCUT2D eigenvalue weighted by atomic mass is 16.1. The number of anilines is 1. The Morgan fingerprint density at radius 2 is 2.38 bits per heavy atom. The topological polar surface area (TPSA) is 98.7 Å². The van der Waals surface area contributed by atoms with Crippen LogP contribution in [0.1, 0.15) is 6.42 Å². The van der Waals surface area contributed by atoms with Crippen molar-refractivity contribution in [3.05, 3.63) is 12.5 Å². The molecule has 0 atom stereocenters. The lowest BCUT2D eigenvalue weighted by molar-refractivity contribution is -0.117. The van der Waals surface area contributed by atoms with Crippen LogP contribution in [0.5, 0.6) is 0 Å². The summed E-state index contributed by atoms with van der Waals surface area (Å²) in [5.74, 6) is 0.323. The Morgan fingerprint density at radius 1 is 1.56 bits per heavy atom. The van der Waals surface area contributed by atoms with Gasteiger partial charge in [-0.2, -0.15) is 5.10 Å². The van der Waals surface area contributed by atoms with E-state index in [1.54, 1.807) is 10.9 Å². The van der Waals surface area contributed by atoms with Crippen LogP contribution in [0, 0.1) is 0 Å². The van der Waals surface area contributed by atoms with Crippen molar-refractivity contribution >= 4 is 22.8 Å². The number of primary amides is 1. The van der Waals surface area contributed by atoms with Crippen molar-refractivity contribution < 1.29 is 4.79 Å². The maximum absolute atomic E-state index is 10.6. The van der Waals surface area contributed by atoms with Gasteiger partial charge < -0.3 is 11.1 Å². The fourth-order valence-electron chi connectivity index (χ4n) is 1.41. The van der Waals surface area contributed by atoms with Crippen LogP contribution in [0.25, 0.3) is 11.0 Å². The number of carbonyl (C=O) groups excluding carboxylic acids is 1. The third-order valence-electron chi connectivity index (χ3n) is 2.19. The van der Waals surface area contributed by atoms with Crippen LogP contribution in [0.3, 0.4) is 0 Å². The van der Waals surface area contributed by atoms with Crippen molar-refractivity contribution in [3.63, 3.8) is 0 Å². The van der Waals surface area contributed by atoms with Gasteiger partial charge in [0.25, 0.3) is 0 Å². The fraction of sp³-hybridized carbons (Fsp3) is 0.333. The van der Waals surface area contributed by atoms with Crippen LogP contribution in [-0.2, 0) is 11.8 Å². The van der Waals surface area contributed by atoms with E-state index >= 15 is 0 Å². The summed E-state index contributed by atoms with van der Waals surface area (Å²) in [5, 5.41) is 7.94. The molecule has 2 rings (SSSR count). The number of rotatable bonds is 4. The van der Waals surface area contributed by atoms with Gasteiger partial charge in [-0.15, -0.1) is 0 Å². The second-order valence-corrected chi connectivity index (χ2v) is 3.37. The Hall–Kier alpha value is -2.18. The van der Waals surface area contributed by atoms with E-state index in [4.69, 9.17) is 5.73 Å². The minimum absolute atomic E-state index is 0.270. The van der Waals surface area contributed by atoms with E-state index in [1.165, 1.54) is 6.33 Å².